The molecule has 0 bridgehead atoms. The number of hydrogen-bond acceptors (Lipinski definition) is 3. The number of nitrogen functional groups attached to an aromatic ring is 1. The summed E-state index contributed by atoms with van der Waals surface area (Å²) in [7, 11) is 0. The van der Waals surface area contributed by atoms with E-state index in [4.69, 9.17) is 10.5 Å². The number of hydrogen-bond donors (Lipinski definition) is 2. The van der Waals surface area contributed by atoms with Gasteiger partial charge in [0.05, 0.1) is 12.7 Å². The van der Waals surface area contributed by atoms with Gasteiger partial charge >= 0.3 is 0 Å². The third-order valence-electron chi connectivity index (χ3n) is 3.44. The molecule has 104 valence electrons. The van der Waals surface area contributed by atoms with Crippen molar-refractivity contribution in [3.05, 3.63) is 29.8 Å². The van der Waals surface area contributed by atoms with Gasteiger partial charge < -0.3 is 15.8 Å². The summed E-state index contributed by atoms with van der Waals surface area (Å²) >= 11 is 0. The van der Waals surface area contributed by atoms with Gasteiger partial charge in [0.2, 0.25) is 0 Å². The second kappa shape index (κ2) is 7.14. The smallest absolute Gasteiger partial charge is 0.251 e. The van der Waals surface area contributed by atoms with Crippen LogP contribution in [0.2, 0.25) is 0 Å². The molecule has 1 aromatic carbocycles. The third-order valence-corrected chi connectivity index (χ3v) is 3.44. The van der Waals surface area contributed by atoms with Crippen molar-refractivity contribution in [2.24, 2.45) is 0 Å². The van der Waals surface area contributed by atoms with E-state index in [1.54, 1.807) is 24.3 Å². The van der Waals surface area contributed by atoms with Crippen LogP contribution in [0, 0.1) is 0 Å². The Balaban J connectivity index is 1.66. The number of rotatable bonds is 5. The van der Waals surface area contributed by atoms with Gasteiger partial charge in [0.1, 0.15) is 0 Å². The van der Waals surface area contributed by atoms with Crippen molar-refractivity contribution in [2.45, 2.75) is 38.2 Å². The Morgan fingerprint density at radius 3 is 2.84 bits per heavy atom. The summed E-state index contributed by atoms with van der Waals surface area (Å²) in [6.07, 6.45) is 6.55. The van der Waals surface area contributed by atoms with E-state index in [0.29, 0.717) is 30.5 Å². The van der Waals surface area contributed by atoms with Crippen LogP contribution in [0.25, 0.3) is 0 Å². The summed E-state index contributed by atoms with van der Waals surface area (Å²) in [6.45, 7) is 1.13. The molecule has 0 unspecified atom stereocenters. The fourth-order valence-electron chi connectivity index (χ4n) is 2.40. The summed E-state index contributed by atoms with van der Waals surface area (Å²) in [5.74, 6) is -0.0976. The second-order valence-electron chi connectivity index (χ2n) is 5.01. The van der Waals surface area contributed by atoms with Crippen molar-refractivity contribution in [3.63, 3.8) is 0 Å². The van der Waals surface area contributed by atoms with Gasteiger partial charge in [-0.25, -0.2) is 0 Å². The van der Waals surface area contributed by atoms with Gasteiger partial charge in [-0.15, -0.1) is 0 Å². The first-order chi connectivity index (χ1) is 9.25. The lowest BCUT2D eigenvalue weighted by Gasteiger charge is -2.22. The molecular weight excluding hydrogens is 240 g/mol. The van der Waals surface area contributed by atoms with E-state index in [9.17, 15) is 4.79 Å². The monoisotopic (exact) mass is 262 g/mol. The van der Waals surface area contributed by atoms with Crippen LogP contribution in [0.15, 0.2) is 24.3 Å². The largest absolute Gasteiger partial charge is 0.399 e. The van der Waals surface area contributed by atoms with Crippen molar-refractivity contribution in [2.75, 3.05) is 18.9 Å². The van der Waals surface area contributed by atoms with E-state index in [0.717, 1.165) is 12.8 Å². The van der Waals surface area contributed by atoms with Gasteiger partial charge in [-0.2, -0.15) is 0 Å². The Hall–Kier alpha value is -1.55. The molecule has 1 fully saturated rings. The highest BCUT2D eigenvalue weighted by Gasteiger charge is 2.13. The molecule has 0 spiro atoms. The fraction of sp³-hybridized carbons (Fsp3) is 0.533. The van der Waals surface area contributed by atoms with E-state index < -0.39 is 0 Å². The number of anilines is 1. The molecule has 2 rings (SSSR count). The summed E-state index contributed by atoms with van der Waals surface area (Å²) < 4.78 is 5.75. The van der Waals surface area contributed by atoms with Crippen LogP contribution < -0.4 is 11.1 Å². The number of benzene rings is 1. The maximum absolute atomic E-state index is 11.8. The van der Waals surface area contributed by atoms with Gasteiger partial charge in [-0.1, -0.05) is 25.3 Å². The van der Waals surface area contributed by atoms with Crippen LogP contribution >= 0.6 is 0 Å². The molecule has 1 aliphatic carbocycles. The minimum absolute atomic E-state index is 0.0976. The predicted molar refractivity (Wildman–Crippen MR) is 76.0 cm³/mol. The van der Waals surface area contributed by atoms with Crippen LogP contribution in [-0.4, -0.2) is 25.2 Å². The molecule has 1 amide bonds. The lowest BCUT2D eigenvalue weighted by molar-refractivity contribution is 0.0299. The average Bonchev–Trinajstić information content (AvgIpc) is 2.44. The minimum Gasteiger partial charge on any atom is -0.399 e. The highest BCUT2D eigenvalue weighted by molar-refractivity contribution is 5.94. The maximum Gasteiger partial charge on any atom is 0.251 e. The molecule has 0 heterocycles. The first-order valence-corrected chi connectivity index (χ1v) is 7.01. The normalized spacial score (nSPS) is 16.2. The molecule has 3 N–H and O–H groups in total. The number of nitrogens with one attached hydrogen (secondary N) is 1. The summed E-state index contributed by atoms with van der Waals surface area (Å²) in [6, 6.07) is 6.98. The Labute approximate surface area is 114 Å². The molecule has 0 atom stereocenters. The number of carbonyl (C=O) groups is 1. The molecule has 1 aliphatic rings. The Bertz CT molecular complexity index is 414. The molecule has 1 aromatic rings. The van der Waals surface area contributed by atoms with Crippen LogP contribution in [0.5, 0.6) is 0 Å². The molecular formula is C15H22N2O2. The lowest BCUT2D eigenvalue weighted by Crippen LogP contribution is -2.29. The highest BCUT2D eigenvalue weighted by atomic mass is 16.5. The molecule has 1 saturated carbocycles. The molecule has 0 aliphatic heterocycles. The van der Waals surface area contributed by atoms with E-state index in [1.807, 2.05) is 0 Å². The summed E-state index contributed by atoms with van der Waals surface area (Å²) in [4.78, 5) is 11.8. The van der Waals surface area contributed by atoms with E-state index in [-0.39, 0.29) is 5.91 Å². The van der Waals surface area contributed by atoms with E-state index in [1.165, 1.54) is 19.3 Å². The molecule has 0 aromatic heterocycles. The standard InChI is InChI=1S/C15H22N2O2/c16-13-6-4-5-12(11-13)15(18)17-9-10-19-14-7-2-1-3-8-14/h4-6,11,14H,1-3,7-10,16H2,(H,17,18). The first kappa shape index (κ1) is 13.9. The minimum atomic E-state index is -0.0976. The Morgan fingerprint density at radius 1 is 1.32 bits per heavy atom. The average molecular weight is 262 g/mol. The van der Waals surface area contributed by atoms with Crippen molar-refractivity contribution >= 4 is 11.6 Å². The van der Waals surface area contributed by atoms with Crippen molar-refractivity contribution in [1.29, 1.82) is 0 Å². The summed E-state index contributed by atoms with van der Waals surface area (Å²) in [5.41, 5.74) is 6.84. The number of amides is 1. The number of carbonyl (C=O) groups excluding carboxylic acids is 1. The maximum atomic E-state index is 11.8. The molecule has 4 nitrogen and oxygen atoms in total. The summed E-state index contributed by atoms with van der Waals surface area (Å²) in [5, 5.41) is 2.85. The fourth-order valence-corrected chi connectivity index (χ4v) is 2.40. The van der Waals surface area contributed by atoms with Crippen LogP contribution in [0.3, 0.4) is 0 Å². The lowest BCUT2D eigenvalue weighted by atomic mass is 9.98. The third kappa shape index (κ3) is 4.56. The quantitative estimate of drug-likeness (QED) is 0.632. The second-order valence-corrected chi connectivity index (χ2v) is 5.01. The van der Waals surface area contributed by atoms with Gasteiger partial charge in [-0.3, -0.25) is 4.79 Å². The van der Waals surface area contributed by atoms with Crippen LogP contribution in [0.1, 0.15) is 42.5 Å². The molecule has 0 radical (unpaired) electrons. The van der Waals surface area contributed by atoms with E-state index >= 15 is 0 Å². The van der Waals surface area contributed by atoms with Gasteiger partial charge in [0, 0.05) is 17.8 Å². The molecule has 0 saturated heterocycles. The first-order valence-electron chi connectivity index (χ1n) is 7.01. The predicted octanol–water partition coefficient (Wildman–Crippen LogP) is 2.35. The van der Waals surface area contributed by atoms with Gasteiger partial charge in [0.25, 0.3) is 5.91 Å². The molecule has 19 heavy (non-hydrogen) atoms. The number of nitrogens with two attached hydrogens (primary N) is 1. The SMILES string of the molecule is Nc1cccc(C(=O)NCCOC2CCCCC2)c1. The van der Waals surface area contributed by atoms with Crippen molar-refractivity contribution in [3.8, 4) is 0 Å². The zero-order valence-corrected chi connectivity index (χ0v) is 11.2. The van der Waals surface area contributed by atoms with Crippen molar-refractivity contribution < 1.29 is 9.53 Å². The van der Waals surface area contributed by atoms with Crippen LogP contribution in [0.4, 0.5) is 5.69 Å². The molecule has 4 heteroatoms. The Morgan fingerprint density at radius 2 is 2.11 bits per heavy atom. The van der Waals surface area contributed by atoms with E-state index in [2.05, 4.69) is 5.32 Å². The van der Waals surface area contributed by atoms with Gasteiger partial charge in [0.15, 0.2) is 0 Å². The topological polar surface area (TPSA) is 64.4 Å². The Kier molecular flexibility index (Phi) is 5.21. The highest BCUT2D eigenvalue weighted by Crippen LogP contribution is 2.19. The van der Waals surface area contributed by atoms with Gasteiger partial charge in [-0.05, 0) is 31.0 Å². The van der Waals surface area contributed by atoms with Crippen molar-refractivity contribution in [1.82, 2.24) is 5.32 Å². The number of ether oxygens (including phenoxy) is 1. The zero-order valence-electron chi connectivity index (χ0n) is 11.2. The zero-order chi connectivity index (χ0) is 13.5. The van der Waals surface area contributed by atoms with Crippen LogP contribution in [-0.2, 0) is 4.74 Å².